The van der Waals surface area contributed by atoms with Gasteiger partial charge in [0.1, 0.15) is 0 Å². The summed E-state index contributed by atoms with van der Waals surface area (Å²) in [6.07, 6.45) is 22.2. The van der Waals surface area contributed by atoms with Gasteiger partial charge in [-0.15, -0.1) is 0 Å². The molecule has 125 valence electrons. The number of hydrogen-bond acceptors (Lipinski definition) is 0. The van der Waals surface area contributed by atoms with Crippen LogP contribution in [-0.2, 0) is 21.8 Å². The quantitative estimate of drug-likeness (QED) is 0.213. The molecule has 0 bridgehead atoms. The van der Waals surface area contributed by atoms with Gasteiger partial charge in [0, 0.05) is 0 Å². The van der Waals surface area contributed by atoms with Crippen molar-refractivity contribution in [1.29, 1.82) is 0 Å². The van der Waals surface area contributed by atoms with E-state index in [2.05, 4.69) is 38.7 Å². The number of allylic oxidation sites excluding steroid dienone is 5. The zero-order valence-corrected chi connectivity index (χ0v) is 17.6. The monoisotopic (exact) mass is 379 g/mol. The van der Waals surface area contributed by atoms with Crippen LogP contribution in [0.3, 0.4) is 0 Å². The molecule has 0 atom stereocenters. The van der Waals surface area contributed by atoms with Gasteiger partial charge in [0.15, 0.2) is 0 Å². The van der Waals surface area contributed by atoms with Crippen LogP contribution in [0.5, 0.6) is 0 Å². The Morgan fingerprint density at radius 2 is 1.68 bits per heavy atom. The Morgan fingerprint density at radius 3 is 2.32 bits per heavy atom. The first-order valence-corrected chi connectivity index (χ1v) is 14.4. The van der Waals surface area contributed by atoms with Crippen molar-refractivity contribution in [2.45, 2.75) is 92.7 Å². The van der Waals surface area contributed by atoms with Gasteiger partial charge in [0.2, 0.25) is 0 Å². The average Bonchev–Trinajstić information content (AvgIpc) is 2.99. The molecule has 0 fully saturated rings. The topological polar surface area (TPSA) is 0 Å². The third-order valence-electron chi connectivity index (χ3n) is 4.71. The molecule has 0 saturated heterocycles. The summed E-state index contributed by atoms with van der Waals surface area (Å²) >= 11 is -1.30. The molecule has 1 rings (SSSR count). The minimum absolute atomic E-state index is 1.20. The molecule has 0 unspecified atom stereocenters. The molecule has 0 aromatic heterocycles. The van der Waals surface area contributed by atoms with Crippen molar-refractivity contribution >= 4 is 0 Å². The SMILES string of the molecule is C=CCCCCCCC1=[C]([Zr]([CH2]CCC)[CH2]CCC)C=CC1. The van der Waals surface area contributed by atoms with Crippen molar-refractivity contribution in [2.24, 2.45) is 0 Å². The molecule has 0 amide bonds. The normalized spacial score (nSPS) is 13.9. The molecule has 1 aliphatic rings. The van der Waals surface area contributed by atoms with Crippen LogP contribution in [-0.4, -0.2) is 0 Å². The van der Waals surface area contributed by atoms with Gasteiger partial charge >= 0.3 is 148 Å². The van der Waals surface area contributed by atoms with Crippen LogP contribution in [0.15, 0.2) is 33.7 Å². The number of hydrogen-bond donors (Lipinski definition) is 0. The summed E-state index contributed by atoms with van der Waals surface area (Å²) in [7, 11) is 0. The predicted molar refractivity (Wildman–Crippen MR) is 98.1 cm³/mol. The zero-order chi connectivity index (χ0) is 16.0. The summed E-state index contributed by atoms with van der Waals surface area (Å²) < 4.78 is 5.12. The summed E-state index contributed by atoms with van der Waals surface area (Å²) in [5.41, 5.74) is 1.85. The maximum atomic E-state index is 3.81. The summed E-state index contributed by atoms with van der Waals surface area (Å²) in [5, 5.41) is 0. The standard InChI is InChI=1S/C13H19.2C4H9.Zr/c1-2-3-4-5-6-7-10-13-11-8-9-12-13;2*1-3-4-2;/h2,8-9H,1,3-7,10-11H2;2*1,3-4H2,2H3;. The first-order chi connectivity index (χ1) is 10.8. The summed E-state index contributed by atoms with van der Waals surface area (Å²) in [4.78, 5) is 0. The second-order valence-electron chi connectivity index (χ2n) is 6.68. The minimum atomic E-state index is -1.30. The van der Waals surface area contributed by atoms with Crippen molar-refractivity contribution in [3.05, 3.63) is 33.7 Å². The van der Waals surface area contributed by atoms with Crippen LogP contribution in [0.1, 0.15) is 84.5 Å². The van der Waals surface area contributed by atoms with E-state index in [0.29, 0.717) is 0 Å². The predicted octanol–water partition coefficient (Wildman–Crippen LogP) is 7.78. The van der Waals surface area contributed by atoms with E-state index in [0.717, 1.165) is 0 Å². The summed E-state index contributed by atoms with van der Waals surface area (Å²) in [6, 6.07) is 0. The second-order valence-corrected chi connectivity index (χ2v) is 13.4. The molecular weight excluding hydrogens is 343 g/mol. The Hall–Kier alpha value is 0.103. The van der Waals surface area contributed by atoms with Gasteiger partial charge in [-0.05, 0) is 0 Å². The molecule has 1 heteroatoms. The molecule has 0 aromatic rings. The van der Waals surface area contributed by atoms with E-state index in [1.165, 1.54) is 70.6 Å². The summed E-state index contributed by atoms with van der Waals surface area (Å²) in [6.45, 7) is 8.51. The van der Waals surface area contributed by atoms with Crippen LogP contribution < -0.4 is 0 Å². The van der Waals surface area contributed by atoms with E-state index >= 15 is 0 Å². The number of unbranched alkanes of at least 4 members (excludes halogenated alkanes) is 6. The molecule has 0 nitrogen and oxygen atoms in total. The van der Waals surface area contributed by atoms with Gasteiger partial charge in [0.05, 0.1) is 0 Å². The second kappa shape index (κ2) is 13.5. The van der Waals surface area contributed by atoms with Crippen molar-refractivity contribution in [3.8, 4) is 0 Å². The fourth-order valence-electron chi connectivity index (χ4n) is 3.31. The van der Waals surface area contributed by atoms with Crippen LogP contribution in [0.4, 0.5) is 0 Å². The van der Waals surface area contributed by atoms with Gasteiger partial charge in [-0.25, -0.2) is 0 Å². The third-order valence-corrected chi connectivity index (χ3v) is 12.6. The van der Waals surface area contributed by atoms with Gasteiger partial charge < -0.3 is 0 Å². The van der Waals surface area contributed by atoms with E-state index in [1.54, 1.807) is 8.26 Å². The van der Waals surface area contributed by atoms with E-state index in [-0.39, 0.29) is 0 Å². The average molecular weight is 381 g/mol. The Labute approximate surface area is 147 Å². The van der Waals surface area contributed by atoms with Gasteiger partial charge in [-0.1, -0.05) is 0 Å². The Balaban J connectivity index is 2.46. The van der Waals surface area contributed by atoms with Gasteiger partial charge in [0.25, 0.3) is 0 Å². The number of rotatable bonds is 14. The molecule has 0 radical (unpaired) electrons. The van der Waals surface area contributed by atoms with E-state index < -0.39 is 21.8 Å². The molecule has 0 aliphatic heterocycles. The first-order valence-electron chi connectivity index (χ1n) is 9.68. The third kappa shape index (κ3) is 8.10. The van der Waals surface area contributed by atoms with E-state index in [4.69, 9.17) is 0 Å². The molecule has 0 spiro atoms. The molecule has 0 N–H and O–H groups in total. The van der Waals surface area contributed by atoms with Crippen molar-refractivity contribution in [3.63, 3.8) is 0 Å². The van der Waals surface area contributed by atoms with E-state index in [1.807, 2.05) is 8.85 Å². The van der Waals surface area contributed by atoms with Crippen molar-refractivity contribution < 1.29 is 21.8 Å². The van der Waals surface area contributed by atoms with Gasteiger partial charge in [-0.3, -0.25) is 0 Å². The Morgan fingerprint density at radius 1 is 1.00 bits per heavy atom. The molecule has 22 heavy (non-hydrogen) atoms. The Bertz CT molecular complexity index is 343. The Kier molecular flexibility index (Phi) is 12.4. The summed E-state index contributed by atoms with van der Waals surface area (Å²) in [5.74, 6) is 0. The van der Waals surface area contributed by atoms with Crippen LogP contribution >= 0.6 is 0 Å². The molecule has 0 heterocycles. The van der Waals surface area contributed by atoms with Crippen molar-refractivity contribution in [1.82, 2.24) is 0 Å². The molecule has 0 saturated carbocycles. The fraction of sp³-hybridized carbons (Fsp3) is 0.714. The van der Waals surface area contributed by atoms with Crippen LogP contribution in [0.25, 0.3) is 0 Å². The van der Waals surface area contributed by atoms with Crippen LogP contribution in [0, 0.1) is 0 Å². The van der Waals surface area contributed by atoms with Crippen molar-refractivity contribution in [2.75, 3.05) is 0 Å². The van der Waals surface area contributed by atoms with Crippen LogP contribution in [0.2, 0.25) is 8.26 Å². The maximum absolute atomic E-state index is 3.81. The zero-order valence-electron chi connectivity index (χ0n) is 15.1. The molecular formula is C21H37Zr. The van der Waals surface area contributed by atoms with Gasteiger partial charge in [-0.2, -0.15) is 0 Å². The fourth-order valence-corrected chi connectivity index (χ4v) is 11.7. The molecule has 0 aromatic carbocycles. The first kappa shape index (κ1) is 20.1. The molecule has 1 aliphatic carbocycles. The van der Waals surface area contributed by atoms with E-state index in [9.17, 15) is 0 Å².